The molecule has 0 bridgehead atoms. The second-order valence-electron chi connectivity index (χ2n) is 7.30. The van der Waals surface area contributed by atoms with Gasteiger partial charge in [-0.3, -0.25) is 9.59 Å². The van der Waals surface area contributed by atoms with Crippen LogP contribution in [0.2, 0.25) is 0 Å². The van der Waals surface area contributed by atoms with Crippen molar-refractivity contribution in [2.75, 3.05) is 13.1 Å². The van der Waals surface area contributed by atoms with Gasteiger partial charge in [0.05, 0.1) is 0 Å². The van der Waals surface area contributed by atoms with Crippen molar-refractivity contribution in [3.8, 4) is 11.3 Å². The molecule has 28 heavy (non-hydrogen) atoms. The summed E-state index contributed by atoms with van der Waals surface area (Å²) < 4.78 is 5.65. The van der Waals surface area contributed by atoms with Crippen LogP contribution < -0.4 is 0 Å². The van der Waals surface area contributed by atoms with Crippen molar-refractivity contribution < 1.29 is 14.0 Å². The fourth-order valence-corrected chi connectivity index (χ4v) is 4.19. The minimum atomic E-state index is -0.308. The molecule has 0 spiro atoms. The number of aryl methyl sites for hydroxylation is 1. The molecular weight excluding hydrogens is 352 g/mol. The molecule has 2 aliphatic heterocycles. The van der Waals surface area contributed by atoms with Crippen molar-refractivity contribution in [1.29, 1.82) is 0 Å². The van der Waals surface area contributed by atoms with Gasteiger partial charge in [-0.05, 0) is 43.7 Å². The van der Waals surface area contributed by atoms with Crippen molar-refractivity contribution in [3.05, 3.63) is 83.1 Å². The summed E-state index contributed by atoms with van der Waals surface area (Å²) in [5.41, 5.74) is 3.18. The van der Waals surface area contributed by atoms with Crippen LogP contribution in [0.25, 0.3) is 11.3 Å². The third-order valence-corrected chi connectivity index (χ3v) is 5.54. The number of nitrogens with zero attached hydrogens (tertiary/aromatic N) is 2. The zero-order chi connectivity index (χ0) is 19.3. The van der Waals surface area contributed by atoms with Gasteiger partial charge in [-0.2, -0.15) is 0 Å². The predicted molar refractivity (Wildman–Crippen MR) is 105 cm³/mol. The standard InChI is InChI=1S/C23H20N2O3/c1-15-7-12-20(28-15)16-8-10-17(11-9-16)22(26)24-13-4-14-25-21(24)18-5-2-3-6-19(18)23(25)27/h2-3,5-12,21H,4,13-14H2,1H3/t21-/m1/s1. The summed E-state index contributed by atoms with van der Waals surface area (Å²) in [6.45, 7) is 3.23. The number of furan rings is 1. The Labute approximate surface area is 163 Å². The van der Waals surface area contributed by atoms with E-state index in [4.69, 9.17) is 4.42 Å². The molecule has 2 aromatic carbocycles. The Kier molecular flexibility index (Phi) is 3.83. The zero-order valence-corrected chi connectivity index (χ0v) is 15.6. The lowest BCUT2D eigenvalue weighted by atomic mass is 10.0. The van der Waals surface area contributed by atoms with Gasteiger partial charge in [0, 0.05) is 35.3 Å². The van der Waals surface area contributed by atoms with Gasteiger partial charge in [-0.25, -0.2) is 0 Å². The number of hydrogen-bond donors (Lipinski definition) is 0. The lowest BCUT2D eigenvalue weighted by molar-refractivity contribution is 0.0164. The molecule has 5 rings (SSSR count). The number of rotatable bonds is 2. The average Bonchev–Trinajstić information content (AvgIpc) is 3.30. The Morgan fingerprint density at radius 2 is 1.79 bits per heavy atom. The molecule has 1 aromatic heterocycles. The Morgan fingerprint density at radius 1 is 1.00 bits per heavy atom. The van der Waals surface area contributed by atoms with Crippen LogP contribution in [0.3, 0.4) is 0 Å². The van der Waals surface area contributed by atoms with E-state index in [1.54, 1.807) is 0 Å². The van der Waals surface area contributed by atoms with Crippen LogP contribution in [-0.2, 0) is 0 Å². The minimum Gasteiger partial charge on any atom is -0.461 e. The summed E-state index contributed by atoms with van der Waals surface area (Å²) in [4.78, 5) is 29.6. The Morgan fingerprint density at radius 3 is 2.54 bits per heavy atom. The first-order chi connectivity index (χ1) is 13.6. The minimum absolute atomic E-state index is 0.0154. The molecule has 2 amide bonds. The van der Waals surface area contributed by atoms with Gasteiger partial charge in [0.2, 0.25) is 0 Å². The first kappa shape index (κ1) is 16.8. The van der Waals surface area contributed by atoms with Gasteiger partial charge in [-0.1, -0.05) is 30.3 Å². The maximum atomic E-state index is 13.3. The Balaban J connectivity index is 1.46. The topological polar surface area (TPSA) is 53.8 Å². The number of carbonyl (C=O) groups excluding carboxylic acids is 2. The van der Waals surface area contributed by atoms with Crippen LogP contribution in [-0.4, -0.2) is 34.7 Å². The van der Waals surface area contributed by atoms with Crippen LogP contribution in [0.5, 0.6) is 0 Å². The number of benzene rings is 2. The highest BCUT2D eigenvalue weighted by atomic mass is 16.3. The first-order valence-electron chi connectivity index (χ1n) is 9.51. The van der Waals surface area contributed by atoms with Crippen molar-refractivity contribution in [2.45, 2.75) is 19.5 Å². The van der Waals surface area contributed by atoms with E-state index in [9.17, 15) is 9.59 Å². The predicted octanol–water partition coefficient (Wildman–Crippen LogP) is 4.26. The van der Waals surface area contributed by atoms with Crippen molar-refractivity contribution in [1.82, 2.24) is 9.80 Å². The summed E-state index contributed by atoms with van der Waals surface area (Å²) in [6.07, 6.45) is 0.475. The molecule has 0 radical (unpaired) electrons. The number of fused-ring (bicyclic) bond motifs is 3. The third-order valence-electron chi connectivity index (χ3n) is 5.54. The average molecular weight is 372 g/mol. The van der Waals surface area contributed by atoms with Crippen LogP contribution in [0, 0.1) is 6.92 Å². The lowest BCUT2D eigenvalue weighted by Crippen LogP contribution is -2.48. The normalized spacial score (nSPS) is 18.2. The molecule has 3 aromatic rings. The highest BCUT2D eigenvalue weighted by Gasteiger charge is 2.43. The van der Waals surface area contributed by atoms with E-state index >= 15 is 0 Å². The second-order valence-corrected chi connectivity index (χ2v) is 7.30. The van der Waals surface area contributed by atoms with E-state index < -0.39 is 0 Å². The van der Waals surface area contributed by atoms with Gasteiger partial charge in [0.1, 0.15) is 17.7 Å². The fourth-order valence-electron chi connectivity index (χ4n) is 4.19. The van der Waals surface area contributed by atoms with Gasteiger partial charge in [0.15, 0.2) is 0 Å². The van der Waals surface area contributed by atoms with Crippen LogP contribution in [0.1, 0.15) is 44.6 Å². The first-order valence-corrected chi connectivity index (χ1v) is 9.51. The van der Waals surface area contributed by atoms with Gasteiger partial charge in [-0.15, -0.1) is 0 Å². The second kappa shape index (κ2) is 6.37. The molecule has 5 nitrogen and oxygen atoms in total. The van der Waals surface area contributed by atoms with Gasteiger partial charge >= 0.3 is 0 Å². The molecule has 140 valence electrons. The molecular formula is C23H20N2O3. The van der Waals surface area contributed by atoms with E-state index in [1.165, 1.54) is 0 Å². The van der Waals surface area contributed by atoms with E-state index in [0.717, 1.165) is 29.1 Å². The lowest BCUT2D eigenvalue weighted by Gasteiger charge is -2.40. The molecule has 1 fully saturated rings. The largest absolute Gasteiger partial charge is 0.461 e. The Hall–Kier alpha value is -3.34. The summed E-state index contributed by atoms with van der Waals surface area (Å²) in [5, 5.41) is 0. The quantitative estimate of drug-likeness (QED) is 0.676. The SMILES string of the molecule is Cc1ccc(-c2ccc(C(=O)N3CCCN4C(=O)c5ccccc5[C@H]34)cc2)o1. The molecule has 2 aliphatic rings. The molecule has 0 aliphatic carbocycles. The van der Waals surface area contributed by atoms with Crippen molar-refractivity contribution in [3.63, 3.8) is 0 Å². The van der Waals surface area contributed by atoms with Crippen LogP contribution in [0.15, 0.2) is 65.1 Å². The van der Waals surface area contributed by atoms with E-state index in [0.29, 0.717) is 24.2 Å². The third kappa shape index (κ3) is 2.54. The fraction of sp³-hybridized carbons (Fsp3) is 0.217. The van der Waals surface area contributed by atoms with E-state index in [-0.39, 0.29) is 18.0 Å². The summed E-state index contributed by atoms with van der Waals surface area (Å²) in [5.74, 6) is 1.60. The van der Waals surface area contributed by atoms with Crippen LogP contribution in [0.4, 0.5) is 0 Å². The highest BCUT2D eigenvalue weighted by Crippen LogP contribution is 2.39. The summed E-state index contributed by atoms with van der Waals surface area (Å²) in [6, 6.07) is 18.9. The van der Waals surface area contributed by atoms with E-state index in [2.05, 4.69) is 0 Å². The summed E-state index contributed by atoms with van der Waals surface area (Å²) >= 11 is 0. The monoisotopic (exact) mass is 372 g/mol. The number of amides is 2. The highest BCUT2D eigenvalue weighted by molar-refractivity contribution is 6.01. The van der Waals surface area contributed by atoms with Crippen molar-refractivity contribution in [2.24, 2.45) is 0 Å². The van der Waals surface area contributed by atoms with Crippen molar-refractivity contribution >= 4 is 11.8 Å². The van der Waals surface area contributed by atoms with E-state index in [1.807, 2.05) is 77.4 Å². The van der Waals surface area contributed by atoms with Gasteiger partial charge in [0.25, 0.3) is 11.8 Å². The number of carbonyl (C=O) groups is 2. The molecule has 0 N–H and O–H groups in total. The summed E-state index contributed by atoms with van der Waals surface area (Å²) in [7, 11) is 0. The molecule has 0 saturated carbocycles. The maximum Gasteiger partial charge on any atom is 0.256 e. The molecule has 3 heterocycles. The smallest absolute Gasteiger partial charge is 0.256 e. The van der Waals surface area contributed by atoms with Gasteiger partial charge < -0.3 is 14.2 Å². The van der Waals surface area contributed by atoms with Crippen LogP contribution >= 0.6 is 0 Å². The zero-order valence-electron chi connectivity index (χ0n) is 15.6. The number of hydrogen-bond acceptors (Lipinski definition) is 3. The maximum absolute atomic E-state index is 13.3. The molecule has 1 atom stereocenters. The molecule has 0 unspecified atom stereocenters. The Bertz CT molecular complexity index is 1070. The molecule has 5 heteroatoms. The molecule has 1 saturated heterocycles.